The lowest BCUT2D eigenvalue weighted by molar-refractivity contribution is -0.0491. The summed E-state index contributed by atoms with van der Waals surface area (Å²) in [4.78, 5) is 4.22. The molecular formula is C15H23FN2O2. The van der Waals surface area contributed by atoms with Crippen molar-refractivity contribution >= 4 is 0 Å². The van der Waals surface area contributed by atoms with E-state index in [0.717, 1.165) is 19.6 Å². The maximum absolute atomic E-state index is 13.6. The molecule has 1 aromatic carbocycles. The number of hydrogen-bond donors (Lipinski definition) is 1. The molecule has 1 aliphatic rings. The molecule has 20 heavy (non-hydrogen) atoms. The Balaban J connectivity index is 1.91. The Bertz CT molecular complexity index is 428. The van der Waals surface area contributed by atoms with Crippen LogP contribution in [0, 0.1) is 5.82 Å². The molecule has 1 aliphatic heterocycles. The smallest absolute Gasteiger partial charge is 0.129 e. The predicted molar refractivity (Wildman–Crippen MR) is 76.1 cm³/mol. The van der Waals surface area contributed by atoms with Crippen molar-refractivity contribution in [2.24, 2.45) is 0 Å². The van der Waals surface area contributed by atoms with Gasteiger partial charge in [0, 0.05) is 31.7 Å². The van der Waals surface area contributed by atoms with Crippen LogP contribution in [0.4, 0.5) is 4.39 Å². The van der Waals surface area contributed by atoms with Gasteiger partial charge in [-0.3, -0.25) is 4.90 Å². The molecule has 112 valence electrons. The maximum Gasteiger partial charge on any atom is 0.129 e. The number of morpholine rings is 1. The van der Waals surface area contributed by atoms with Crippen molar-refractivity contribution in [3.05, 3.63) is 35.6 Å². The summed E-state index contributed by atoms with van der Waals surface area (Å²) in [6, 6.07) is 6.40. The van der Waals surface area contributed by atoms with E-state index in [1.54, 1.807) is 18.2 Å². The first-order valence-electron chi connectivity index (χ1n) is 6.97. The zero-order chi connectivity index (χ0) is 14.5. The van der Waals surface area contributed by atoms with Crippen LogP contribution in [0.3, 0.4) is 0 Å². The van der Waals surface area contributed by atoms with Crippen LogP contribution in [0.25, 0.3) is 0 Å². The summed E-state index contributed by atoms with van der Waals surface area (Å²) >= 11 is 0. The number of hydrogen-bond acceptors (Lipinski definition) is 4. The lowest BCUT2D eigenvalue weighted by atomic mass is 10.1. The van der Waals surface area contributed by atoms with Crippen LogP contribution >= 0.6 is 0 Å². The topological polar surface area (TPSA) is 35.9 Å². The SMILES string of the molecule is CN(C)C[C@@H]1CN(C[C@H](O)c2ccccc2F)CCO1. The summed E-state index contributed by atoms with van der Waals surface area (Å²) in [5, 5.41) is 10.2. The molecule has 0 bridgehead atoms. The van der Waals surface area contributed by atoms with Gasteiger partial charge >= 0.3 is 0 Å². The quantitative estimate of drug-likeness (QED) is 0.878. The number of aliphatic hydroxyl groups is 1. The average Bonchev–Trinajstić information content (AvgIpc) is 2.38. The molecule has 1 fully saturated rings. The van der Waals surface area contributed by atoms with Crippen molar-refractivity contribution in [1.29, 1.82) is 0 Å². The number of β-amino-alcohol motifs (C(OH)–C–C–N with tert-alkyl or cyclic N) is 1. The highest BCUT2D eigenvalue weighted by molar-refractivity contribution is 5.20. The Hall–Kier alpha value is -1.01. The van der Waals surface area contributed by atoms with Crippen LogP contribution in [-0.4, -0.2) is 67.9 Å². The summed E-state index contributed by atoms with van der Waals surface area (Å²) < 4.78 is 19.3. The van der Waals surface area contributed by atoms with Gasteiger partial charge in [-0.05, 0) is 20.2 Å². The number of likely N-dealkylation sites (N-methyl/N-ethyl adjacent to an activating group) is 1. The number of ether oxygens (including phenoxy) is 1. The van der Waals surface area contributed by atoms with Gasteiger partial charge in [-0.1, -0.05) is 18.2 Å². The van der Waals surface area contributed by atoms with Crippen molar-refractivity contribution in [3.63, 3.8) is 0 Å². The van der Waals surface area contributed by atoms with Crippen molar-refractivity contribution < 1.29 is 14.2 Å². The van der Waals surface area contributed by atoms with Crippen LogP contribution in [0.15, 0.2) is 24.3 Å². The number of nitrogens with zero attached hydrogens (tertiary/aromatic N) is 2. The van der Waals surface area contributed by atoms with E-state index in [0.29, 0.717) is 18.7 Å². The maximum atomic E-state index is 13.6. The first kappa shape index (κ1) is 15.4. The Morgan fingerprint density at radius 3 is 2.90 bits per heavy atom. The van der Waals surface area contributed by atoms with E-state index in [-0.39, 0.29) is 11.9 Å². The summed E-state index contributed by atoms with van der Waals surface area (Å²) in [6.45, 7) is 3.49. The van der Waals surface area contributed by atoms with E-state index < -0.39 is 6.10 Å². The zero-order valence-corrected chi connectivity index (χ0v) is 12.1. The third kappa shape index (κ3) is 4.24. The van der Waals surface area contributed by atoms with Gasteiger partial charge in [-0.2, -0.15) is 0 Å². The van der Waals surface area contributed by atoms with Crippen LogP contribution in [0.1, 0.15) is 11.7 Å². The number of rotatable bonds is 5. The second kappa shape index (κ2) is 7.13. The molecule has 0 unspecified atom stereocenters. The Labute approximate surface area is 119 Å². The second-order valence-electron chi connectivity index (χ2n) is 5.55. The minimum atomic E-state index is -0.797. The third-order valence-electron chi connectivity index (χ3n) is 3.49. The minimum absolute atomic E-state index is 0.145. The van der Waals surface area contributed by atoms with Gasteiger partial charge in [0.25, 0.3) is 0 Å². The molecule has 0 aliphatic carbocycles. The predicted octanol–water partition coefficient (Wildman–Crippen LogP) is 1.12. The second-order valence-corrected chi connectivity index (χ2v) is 5.55. The van der Waals surface area contributed by atoms with Crippen molar-refractivity contribution in [1.82, 2.24) is 9.80 Å². The minimum Gasteiger partial charge on any atom is -0.387 e. The van der Waals surface area contributed by atoms with Crippen LogP contribution in [-0.2, 0) is 4.74 Å². The fourth-order valence-electron chi connectivity index (χ4n) is 2.55. The fraction of sp³-hybridized carbons (Fsp3) is 0.600. The fourth-order valence-corrected chi connectivity index (χ4v) is 2.55. The summed E-state index contributed by atoms with van der Waals surface area (Å²) in [5.74, 6) is -0.349. The van der Waals surface area contributed by atoms with Gasteiger partial charge in [-0.15, -0.1) is 0 Å². The van der Waals surface area contributed by atoms with Gasteiger partial charge in [-0.25, -0.2) is 4.39 Å². The number of aliphatic hydroxyl groups excluding tert-OH is 1. The highest BCUT2D eigenvalue weighted by Crippen LogP contribution is 2.19. The molecule has 0 radical (unpaired) electrons. The monoisotopic (exact) mass is 282 g/mol. The molecule has 1 N–H and O–H groups in total. The van der Waals surface area contributed by atoms with Crippen molar-refractivity contribution in [3.8, 4) is 0 Å². The van der Waals surface area contributed by atoms with E-state index in [9.17, 15) is 9.50 Å². The first-order valence-corrected chi connectivity index (χ1v) is 6.97. The third-order valence-corrected chi connectivity index (χ3v) is 3.49. The molecule has 2 atom stereocenters. The molecule has 0 saturated carbocycles. The summed E-state index contributed by atoms with van der Waals surface area (Å²) in [7, 11) is 4.02. The molecular weight excluding hydrogens is 259 g/mol. The van der Waals surface area contributed by atoms with E-state index in [1.165, 1.54) is 6.07 Å². The van der Waals surface area contributed by atoms with E-state index in [1.807, 2.05) is 14.1 Å². The molecule has 0 spiro atoms. The van der Waals surface area contributed by atoms with Crippen LogP contribution in [0.2, 0.25) is 0 Å². The van der Waals surface area contributed by atoms with Crippen LogP contribution in [0.5, 0.6) is 0 Å². The van der Waals surface area contributed by atoms with Gasteiger partial charge in [0.1, 0.15) is 5.82 Å². The molecule has 1 saturated heterocycles. The van der Waals surface area contributed by atoms with Crippen molar-refractivity contribution in [2.45, 2.75) is 12.2 Å². The highest BCUT2D eigenvalue weighted by Gasteiger charge is 2.24. The number of halogens is 1. The van der Waals surface area contributed by atoms with Crippen molar-refractivity contribution in [2.75, 3.05) is 46.9 Å². The summed E-state index contributed by atoms with van der Waals surface area (Å²) in [6.07, 6.45) is -0.652. The molecule has 0 amide bonds. The lowest BCUT2D eigenvalue weighted by Gasteiger charge is -2.35. The largest absolute Gasteiger partial charge is 0.387 e. The molecule has 0 aromatic heterocycles. The Morgan fingerprint density at radius 1 is 1.45 bits per heavy atom. The molecule has 5 heteroatoms. The van der Waals surface area contributed by atoms with Gasteiger partial charge in [0.15, 0.2) is 0 Å². The van der Waals surface area contributed by atoms with E-state index >= 15 is 0 Å². The van der Waals surface area contributed by atoms with Gasteiger partial charge in [0.2, 0.25) is 0 Å². The van der Waals surface area contributed by atoms with Gasteiger partial charge in [0.05, 0.1) is 18.8 Å². The average molecular weight is 282 g/mol. The van der Waals surface area contributed by atoms with Crippen LogP contribution < -0.4 is 0 Å². The molecule has 4 nitrogen and oxygen atoms in total. The molecule has 1 aromatic rings. The molecule has 2 rings (SSSR count). The molecule has 1 heterocycles. The zero-order valence-electron chi connectivity index (χ0n) is 12.1. The van der Waals surface area contributed by atoms with E-state index in [2.05, 4.69) is 9.80 Å². The summed E-state index contributed by atoms with van der Waals surface area (Å²) in [5.41, 5.74) is 0.364. The lowest BCUT2D eigenvalue weighted by Crippen LogP contribution is -2.47. The first-order chi connectivity index (χ1) is 9.56. The van der Waals surface area contributed by atoms with E-state index in [4.69, 9.17) is 4.74 Å². The highest BCUT2D eigenvalue weighted by atomic mass is 19.1. The Morgan fingerprint density at radius 2 is 2.20 bits per heavy atom. The standard InChI is InChI=1S/C15H23FN2O2/c1-17(2)9-12-10-18(7-8-20-12)11-15(19)13-5-3-4-6-14(13)16/h3-6,12,15,19H,7-11H2,1-2H3/t12-,15+/m1/s1. The number of benzene rings is 1. The van der Waals surface area contributed by atoms with Gasteiger partial charge < -0.3 is 14.7 Å². The normalized spacial score (nSPS) is 22.1. The Kier molecular flexibility index (Phi) is 5.48.